The van der Waals surface area contributed by atoms with Gasteiger partial charge in [0.2, 0.25) is 0 Å². The lowest BCUT2D eigenvalue weighted by molar-refractivity contribution is -0.112. The van der Waals surface area contributed by atoms with Gasteiger partial charge in [0.25, 0.3) is 5.91 Å². The van der Waals surface area contributed by atoms with E-state index in [9.17, 15) is 4.79 Å². The maximum atomic E-state index is 12.1. The fourth-order valence-corrected chi connectivity index (χ4v) is 4.53. The Labute approximate surface area is 176 Å². The van der Waals surface area contributed by atoms with Gasteiger partial charge in [0.05, 0.1) is 16.5 Å². The third-order valence-electron chi connectivity index (χ3n) is 4.56. The highest BCUT2D eigenvalue weighted by atomic mass is 32.1. The average Bonchev–Trinajstić information content (AvgIpc) is 3.02. The van der Waals surface area contributed by atoms with Crippen LogP contribution in [0.1, 0.15) is 46.6 Å². The zero-order chi connectivity index (χ0) is 21.1. The van der Waals surface area contributed by atoms with Crippen molar-refractivity contribution in [2.75, 3.05) is 5.32 Å². The normalized spacial score (nSPS) is 12.4. The highest BCUT2D eigenvalue weighted by Gasteiger charge is 2.27. The fraction of sp³-hybridized carbons (Fsp3) is 0.333. The number of nitrogens with zero attached hydrogens (tertiary/aromatic N) is 1. The predicted octanol–water partition coefficient (Wildman–Crippen LogP) is 6.54. The number of amides is 1. The van der Waals surface area contributed by atoms with Gasteiger partial charge < -0.3 is 4.74 Å². The Morgan fingerprint density at radius 1 is 1.07 bits per heavy atom. The monoisotopic (exact) mass is 408 g/mol. The standard InChI is InChI=1S/C24H28N2O2S/c1-23(2,3)16-24(4,5)17-10-12-18(13-11-17)28-15-14-21(27)26-22-25-19-8-6-7-9-20(19)29-22/h6-15H,16H2,1-5H3,(H,25,26,27). The van der Waals surface area contributed by atoms with Gasteiger partial charge in [-0.2, -0.15) is 0 Å². The summed E-state index contributed by atoms with van der Waals surface area (Å²) in [6.45, 7) is 11.3. The molecule has 0 aliphatic rings. The summed E-state index contributed by atoms with van der Waals surface area (Å²) in [6, 6.07) is 15.9. The number of hydrogen-bond donors (Lipinski definition) is 1. The molecule has 0 unspecified atom stereocenters. The van der Waals surface area contributed by atoms with Crippen molar-refractivity contribution in [3.63, 3.8) is 0 Å². The SMILES string of the molecule is CC(C)(C)CC(C)(C)c1ccc(OC=CC(=O)Nc2nc3ccccc3s2)cc1. The lowest BCUT2D eigenvalue weighted by Crippen LogP contribution is -2.24. The van der Waals surface area contributed by atoms with E-state index >= 15 is 0 Å². The molecule has 0 bridgehead atoms. The van der Waals surface area contributed by atoms with Gasteiger partial charge in [0.1, 0.15) is 5.75 Å². The molecule has 0 saturated carbocycles. The molecule has 0 radical (unpaired) electrons. The number of rotatable bonds is 6. The molecule has 4 nitrogen and oxygen atoms in total. The molecule has 0 aliphatic carbocycles. The van der Waals surface area contributed by atoms with Crippen LogP contribution in [0.5, 0.6) is 5.75 Å². The molecule has 3 rings (SSSR count). The van der Waals surface area contributed by atoms with Gasteiger partial charge in [-0.3, -0.25) is 10.1 Å². The summed E-state index contributed by atoms with van der Waals surface area (Å²) in [4.78, 5) is 16.5. The highest BCUT2D eigenvalue weighted by molar-refractivity contribution is 7.22. The van der Waals surface area contributed by atoms with Crippen LogP contribution in [0.3, 0.4) is 0 Å². The second-order valence-corrected chi connectivity index (χ2v) is 10.1. The summed E-state index contributed by atoms with van der Waals surface area (Å²) < 4.78 is 6.62. The van der Waals surface area contributed by atoms with E-state index in [1.807, 2.05) is 36.4 Å². The number of carbonyl (C=O) groups is 1. The molecule has 0 aliphatic heterocycles. The van der Waals surface area contributed by atoms with Crippen LogP contribution in [0.25, 0.3) is 10.2 Å². The molecule has 5 heteroatoms. The topological polar surface area (TPSA) is 51.2 Å². The summed E-state index contributed by atoms with van der Waals surface area (Å²) in [5, 5.41) is 3.35. The van der Waals surface area contributed by atoms with Gasteiger partial charge in [-0.1, -0.05) is 70.2 Å². The van der Waals surface area contributed by atoms with Crippen molar-refractivity contribution in [2.24, 2.45) is 5.41 Å². The van der Waals surface area contributed by atoms with Crippen LogP contribution in [-0.4, -0.2) is 10.9 Å². The number of aromatic nitrogens is 1. The Bertz CT molecular complexity index is 978. The van der Waals surface area contributed by atoms with E-state index in [1.54, 1.807) is 0 Å². The van der Waals surface area contributed by atoms with Crippen molar-refractivity contribution < 1.29 is 9.53 Å². The van der Waals surface area contributed by atoms with E-state index in [0.29, 0.717) is 10.9 Å². The number of carbonyl (C=O) groups excluding carboxylic acids is 1. The minimum Gasteiger partial charge on any atom is -0.465 e. The quantitative estimate of drug-likeness (QED) is 0.372. The van der Waals surface area contributed by atoms with Gasteiger partial charge in [-0.25, -0.2) is 4.98 Å². The lowest BCUT2D eigenvalue weighted by Gasteiger charge is -2.33. The molecule has 2 aromatic carbocycles. The molecular weight excluding hydrogens is 380 g/mol. The van der Waals surface area contributed by atoms with Gasteiger partial charge in [-0.05, 0) is 47.1 Å². The van der Waals surface area contributed by atoms with Crippen molar-refractivity contribution >= 4 is 32.6 Å². The number of fused-ring (bicyclic) bond motifs is 1. The van der Waals surface area contributed by atoms with Gasteiger partial charge in [0.15, 0.2) is 5.13 Å². The molecule has 0 saturated heterocycles. The molecule has 1 heterocycles. The van der Waals surface area contributed by atoms with Crippen LogP contribution in [0, 0.1) is 5.41 Å². The Morgan fingerprint density at radius 3 is 2.41 bits per heavy atom. The number of para-hydroxylation sites is 1. The van der Waals surface area contributed by atoms with E-state index < -0.39 is 0 Å². The van der Waals surface area contributed by atoms with Gasteiger partial charge in [0, 0.05) is 6.08 Å². The van der Waals surface area contributed by atoms with E-state index in [2.05, 4.69) is 57.1 Å². The van der Waals surface area contributed by atoms with Crippen LogP contribution in [0.15, 0.2) is 60.9 Å². The molecule has 1 N–H and O–H groups in total. The van der Waals surface area contributed by atoms with Crippen molar-refractivity contribution in [1.82, 2.24) is 4.98 Å². The minimum absolute atomic E-state index is 0.0871. The molecule has 3 aromatic rings. The molecule has 0 atom stereocenters. The van der Waals surface area contributed by atoms with E-state index in [4.69, 9.17) is 4.74 Å². The maximum absolute atomic E-state index is 12.1. The van der Waals surface area contributed by atoms with Crippen LogP contribution >= 0.6 is 11.3 Å². The lowest BCUT2D eigenvalue weighted by atomic mass is 9.72. The molecule has 1 amide bonds. The first-order chi connectivity index (χ1) is 13.6. The Balaban J connectivity index is 1.56. The van der Waals surface area contributed by atoms with Gasteiger partial charge >= 0.3 is 0 Å². The van der Waals surface area contributed by atoms with Crippen LogP contribution in [0.4, 0.5) is 5.13 Å². The molecular formula is C24H28N2O2S. The summed E-state index contributed by atoms with van der Waals surface area (Å²) in [5.41, 5.74) is 2.50. The van der Waals surface area contributed by atoms with Crippen LogP contribution < -0.4 is 10.1 Å². The average molecular weight is 409 g/mol. The van der Waals surface area contributed by atoms with Crippen molar-refractivity contribution in [3.05, 3.63) is 66.4 Å². The Kier molecular flexibility index (Phi) is 6.08. The molecule has 29 heavy (non-hydrogen) atoms. The Hall–Kier alpha value is -2.66. The molecule has 0 spiro atoms. The van der Waals surface area contributed by atoms with Crippen molar-refractivity contribution in [2.45, 2.75) is 46.5 Å². The third-order valence-corrected chi connectivity index (χ3v) is 5.51. The number of hydrogen-bond acceptors (Lipinski definition) is 4. The third kappa shape index (κ3) is 5.91. The maximum Gasteiger partial charge on any atom is 0.253 e. The molecule has 152 valence electrons. The molecule has 0 fully saturated rings. The zero-order valence-corrected chi connectivity index (χ0v) is 18.5. The second kappa shape index (κ2) is 8.37. The second-order valence-electron chi connectivity index (χ2n) is 9.04. The summed E-state index contributed by atoms with van der Waals surface area (Å²) in [7, 11) is 0. The fourth-order valence-electron chi connectivity index (χ4n) is 3.66. The number of thiazole rings is 1. The highest BCUT2D eigenvalue weighted by Crippen LogP contribution is 2.36. The van der Waals surface area contributed by atoms with Gasteiger partial charge in [-0.15, -0.1) is 0 Å². The molecule has 1 aromatic heterocycles. The first-order valence-corrected chi connectivity index (χ1v) is 10.5. The largest absolute Gasteiger partial charge is 0.465 e. The summed E-state index contributed by atoms with van der Waals surface area (Å²) in [5.74, 6) is 0.427. The first kappa shape index (κ1) is 21.1. The van der Waals surface area contributed by atoms with Crippen molar-refractivity contribution in [3.8, 4) is 5.75 Å². The number of benzene rings is 2. The van der Waals surface area contributed by atoms with Crippen LogP contribution in [-0.2, 0) is 10.2 Å². The zero-order valence-electron chi connectivity index (χ0n) is 17.7. The van der Waals surface area contributed by atoms with Crippen molar-refractivity contribution in [1.29, 1.82) is 0 Å². The predicted molar refractivity (Wildman–Crippen MR) is 122 cm³/mol. The van der Waals surface area contributed by atoms with E-state index in [1.165, 1.54) is 29.2 Å². The number of anilines is 1. The first-order valence-electron chi connectivity index (χ1n) is 9.73. The van der Waals surface area contributed by atoms with E-state index in [-0.39, 0.29) is 16.7 Å². The smallest absolute Gasteiger partial charge is 0.253 e. The summed E-state index contributed by atoms with van der Waals surface area (Å²) in [6.07, 6.45) is 3.85. The minimum atomic E-state index is -0.271. The van der Waals surface area contributed by atoms with Crippen LogP contribution in [0.2, 0.25) is 0 Å². The number of ether oxygens (including phenoxy) is 1. The Morgan fingerprint density at radius 2 is 1.76 bits per heavy atom. The van der Waals surface area contributed by atoms with E-state index in [0.717, 1.165) is 16.6 Å². The summed E-state index contributed by atoms with van der Waals surface area (Å²) >= 11 is 1.45. The number of nitrogens with one attached hydrogen (secondary N) is 1.